The Morgan fingerprint density at radius 3 is 2.67 bits per heavy atom. The number of rotatable bonds is 5. The fourth-order valence-corrected chi connectivity index (χ4v) is 2.29. The van der Waals surface area contributed by atoms with Crippen molar-refractivity contribution < 1.29 is 13.9 Å². The van der Waals surface area contributed by atoms with Crippen LogP contribution in [0.25, 0.3) is 0 Å². The molecule has 1 N–H and O–H groups in total. The third-order valence-corrected chi connectivity index (χ3v) is 3.31. The largest absolute Gasteiger partial charge is 0.491 e. The normalized spacial score (nSPS) is 18.6. The summed E-state index contributed by atoms with van der Waals surface area (Å²) in [6.07, 6.45) is 0.995. The van der Waals surface area contributed by atoms with Crippen molar-refractivity contribution in [3.63, 3.8) is 0 Å². The minimum Gasteiger partial charge on any atom is -0.491 e. The van der Waals surface area contributed by atoms with Crippen LogP contribution < -0.4 is 10.1 Å². The summed E-state index contributed by atoms with van der Waals surface area (Å²) in [5.41, 5.74) is -0.600. The highest BCUT2D eigenvalue weighted by Crippen LogP contribution is 2.39. The average molecular weight is 253 g/mol. The van der Waals surface area contributed by atoms with Crippen LogP contribution in [0.4, 0.5) is 4.39 Å². The third kappa shape index (κ3) is 3.00. The molecule has 0 radical (unpaired) electrons. The van der Waals surface area contributed by atoms with Crippen LogP contribution in [0.1, 0.15) is 18.4 Å². The zero-order chi connectivity index (χ0) is 12.8. The quantitative estimate of drug-likeness (QED) is 0.816. The molecule has 0 unspecified atom stereocenters. The van der Waals surface area contributed by atoms with Gasteiger partial charge in [0.05, 0.1) is 6.61 Å². The van der Waals surface area contributed by atoms with Gasteiger partial charge in [0.1, 0.15) is 18.0 Å². The molecule has 1 heterocycles. The lowest BCUT2D eigenvalue weighted by Gasteiger charge is -2.31. The first kappa shape index (κ1) is 13.3. The molecule has 0 atom stereocenters. The summed E-state index contributed by atoms with van der Waals surface area (Å²) in [6, 6.07) is 7.39. The number of hydrogen-bond donors (Lipinski definition) is 1. The Bertz CT molecular complexity index is 378. The molecule has 1 aromatic rings. The van der Waals surface area contributed by atoms with E-state index < -0.39 is 5.67 Å². The van der Waals surface area contributed by atoms with Gasteiger partial charge in [0.15, 0.2) is 0 Å². The van der Waals surface area contributed by atoms with E-state index in [1.165, 1.54) is 0 Å². The molecule has 0 spiro atoms. The second-order valence-corrected chi connectivity index (χ2v) is 4.55. The number of ether oxygens (including phenoxy) is 2. The van der Waals surface area contributed by atoms with E-state index in [0.717, 1.165) is 0 Å². The number of para-hydroxylation sites is 1. The predicted molar refractivity (Wildman–Crippen MR) is 68.7 cm³/mol. The number of methoxy groups -OCH3 is 1. The maximum Gasteiger partial charge on any atom is 0.142 e. The van der Waals surface area contributed by atoms with Gasteiger partial charge in [0, 0.05) is 12.7 Å². The van der Waals surface area contributed by atoms with Crippen molar-refractivity contribution in [2.75, 3.05) is 33.4 Å². The Balaban J connectivity index is 2.15. The topological polar surface area (TPSA) is 30.5 Å². The lowest BCUT2D eigenvalue weighted by Crippen LogP contribution is -2.37. The highest BCUT2D eigenvalue weighted by Gasteiger charge is 2.35. The monoisotopic (exact) mass is 253 g/mol. The summed E-state index contributed by atoms with van der Waals surface area (Å²) in [5.74, 6) is 0.638. The van der Waals surface area contributed by atoms with Crippen molar-refractivity contribution in [2.45, 2.75) is 18.5 Å². The van der Waals surface area contributed by atoms with Gasteiger partial charge in [-0.05, 0) is 32.0 Å². The molecular formula is C14H20FNO2. The molecule has 4 heteroatoms. The van der Waals surface area contributed by atoms with Gasteiger partial charge in [-0.1, -0.05) is 18.2 Å². The highest BCUT2D eigenvalue weighted by atomic mass is 19.1. The number of nitrogens with one attached hydrogen (secondary N) is 1. The van der Waals surface area contributed by atoms with Crippen molar-refractivity contribution in [1.29, 1.82) is 0 Å². The second kappa shape index (κ2) is 6.16. The smallest absolute Gasteiger partial charge is 0.142 e. The molecule has 1 aliphatic heterocycles. The lowest BCUT2D eigenvalue weighted by atomic mass is 9.86. The van der Waals surface area contributed by atoms with E-state index in [1.54, 1.807) is 7.11 Å². The number of hydrogen-bond acceptors (Lipinski definition) is 3. The molecule has 1 aliphatic rings. The van der Waals surface area contributed by atoms with Crippen LogP contribution in [0.3, 0.4) is 0 Å². The summed E-state index contributed by atoms with van der Waals surface area (Å²) < 4.78 is 25.5. The van der Waals surface area contributed by atoms with E-state index in [-0.39, 0.29) is 0 Å². The fourth-order valence-electron chi connectivity index (χ4n) is 2.29. The van der Waals surface area contributed by atoms with Crippen LogP contribution in [0.2, 0.25) is 0 Å². The molecule has 1 aromatic carbocycles. The summed E-state index contributed by atoms with van der Waals surface area (Å²) in [7, 11) is 1.62. The first-order chi connectivity index (χ1) is 8.76. The van der Waals surface area contributed by atoms with E-state index in [4.69, 9.17) is 9.47 Å². The van der Waals surface area contributed by atoms with Crippen LogP contribution in [-0.4, -0.2) is 33.4 Å². The Kier molecular flexibility index (Phi) is 4.55. The Hall–Kier alpha value is -1.13. The van der Waals surface area contributed by atoms with E-state index in [0.29, 0.717) is 50.5 Å². The van der Waals surface area contributed by atoms with Crippen LogP contribution in [0, 0.1) is 0 Å². The Morgan fingerprint density at radius 1 is 1.22 bits per heavy atom. The zero-order valence-electron chi connectivity index (χ0n) is 10.7. The van der Waals surface area contributed by atoms with Gasteiger partial charge in [-0.2, -0.15) is 0 Å². The van der Waals surface area contributed by atoms with Crippen LogP contribution in [0.15, 0.2) is 24.3 Å². The standard InChI is InChI=1S/C14H20FNO2/c1-17-10-11-18-13-5-3-2-4-12(13)14(15)6-8-16-9-7-14/h2-5,16H,6-11H2,1H3. The number of halogens is 1. The van der Waals surface area contributed by atoms with Crippen LogP contribution in [0.5, 0.6) is 5.75 Å². The van der Waals surface area contributed by atoms with E-state index in [2.05, 4.69) is 5.32 Å². The molecule has 0 bridgehead atoms. The lowest BCUT2D eigenvalue weighted by molar-refractivity contribution is 0.105. The third-order valence-electron chi connectivity index (χ3n) is 3.31. The summed E-state index contributed by atoms with van der Waals surface area (Å²) in [5, 5.41) is 3.18. The van der Waals surface area contributed by atoms with Gasteiger partial charge in [-0.3, -0.25) is 0 Å². The maximum atomic E-state index is 14.9. The Morgan fingerprint density at radius 2 is 1.94 bits per heavy atom. The summed E-state index contributed by atoms with van der Waals surface area (Å²) >= 11 is 0. The highest BCUT2D eigenvalue weighted by molar-refractivity contribution is 5.38. The van der Waals surface area contributed by atoms with Gasteiger partial charge in [0.2, 0.25) is 0 Å². The molecule has 0 aliphatic carbocycles. The van der Waals surface area contributed by atoms with Crippen molar-refractivity contribution in [3.05, 3.63) is 29.8 Å². The van der Waals surface area contributed by atoms with Gasteiger partial charge < -0.3 is 14.8 Å². The Labute approximate surface area is 107 Å². The first-order valence-electron chi connectivity index (χ1n) is 6.37. The average Bonchev–Trinajstić information content (AvgIpc) is 2.40. The maximum absolute atomic E-state index is 14.9. The summed E-state index contributed by atoms with van der Waals surface area (Å²) in [4.78, 5) is 0. The predicted octanol–water partition coefficient (Wildman–Crippen LogP) is 2.26. The molecular weight excluding hydrogens is 233 g/mol. The van der Waals surface area contributed by atoms with Crippen molar-refractivity contribution in [3.8, 4) is 5.75 Å². The second-order valence-electron chi connectivity index (χ2n) is 4.55. The molecule has 1 fully saturated rings. The minimum absolute atomic E-state index is 0.446. The zero-order valence-corrected chi connectivity index (χ0v) is 10.7. The van der Waals surface area contributed by atoms with Crippen LogP contribution >= 0.6 is 0 Å². The molecule has 1 saturated heterocycles. The van der Waals surface area contributed by atoms with E-state index in [9.17, 15) is 4.39 Å². The van der Waals surface area contributed by atoms with Crippen molar-refractivity contribution in [2.24, 2.45) is 0 Å². The minimum atomic E-state index is -1.27. The molecule has 100 valence electrons. The fraction of sp³-hybridized carbons (Fsp3) is 0.571. The molecule has 18 heavy (non-hydrogen) atoms. The number of alkyl halides is 1. The number of benzene rings is 1. The van der Waals surface area contributed by atoms with Gasteiger partial charge in [-0.25, -0.2) is 4.39 Å². The van der Waals surface area contributed by atoms with E-state index >= 15 is 0 Å². The van der Waals surface area contributed by atoms with Crippen molar-refractivity contribution in [1.82, 2.24) is 5.32 Å². The van der Waals surface area contributed by atoms with E-state index in [1.807, 2.05) is 24.3 Å². The molecule has 0 amide bonds. The first-order valence-corrected chi connectivity index (χ1v) is 6.37. The molecule has 0 aromatic heterocycles. The summed E-state index contributed by atoms with van der Waals surface area (Å²) in [6.45, 7) is 2.38. The van der Waals surface area contributed by atoms with Crippen molar-refractivity contribution >= 4 is 0 Å². The van der Waals surface area contributed by atoms with Gasteiger partial charge in [0.25, 0.3) is 0 Å². The van der Waals surface area contributed by atoms with Crippen LogP contribution in [-0.2, 0) is 10.4 Å². The van der Waals surface area contributed by atoms with Gasteiger partial charge >= 0.3 is 0 Å². The molecule has 2 rings (SSSR count). The SMILES string of the molecule is COCCOc1ccccc1C1(F)CCNCC1. The molecule has 3 nitrogen and oxygen atoms in total. The number of piperidine rings is 1. The molecule has 0 saturated carbocycles. The van der Waals surface area contributed by atoms with Gasteiger partial charge in [-0.15, -0.1) is 0 Å².